The van der Waals surface area contributed by atoms with Gasteiger partial charge in [0.05, 0.1) is 11.1 Å². The van der Waals surface area contributed by atoms with E-state index in [1.807, 2.05) is 56.4 Å². The number of hydrogen-bond donors (Lipinski definition) is 2. The molecule has 7 nitrogen and oxygen atoms in total. The SMILES string of the molecule is Cc1cccc(Oc2ccc(-c3c(C4=CCNC4)n(C)c4ncnc(N)c34)cc2)n1. The summed E-state index contributed by atoms with van der Waals surface area (Å²) >= 11 is 0. The van der Waals surface area contributed by atoms with Crippen LogP contribution in [0.1, 0.15) is 11.4 Å². The summed E-state index contributed by atoms with van der Waals surface area (Å²) in [6.07, 6.45) is 3.72. The Hall–Kier alpha value is -3.71. The van der Waals surface area contributed by atoms with Crippen molar-refractivity contribution in [3.05, 3.63) is 66.3 Å². The molecule has 0 saturated heterocycles. The zero-order chi connectivity index (χ0) is 20.7. The molecule has 0 radical (unpaired) electrons. The minimum atomic E-state index is 0.479. The van der Waals surface area contributed by atoms with Crippen LogP contribution in [0.25, 0.3) is 27.7 Å². The molecule has 7 heteroatoms. The normalized spacial score (nSPS) is 13.6. The smallest absolute Gasteiger partial charge is 0.219 e. The van der Waals surface area contributed by atoms with Gasteiger partial charge in [-0.2, -0.15) is 0 Å². The summed E-state index contributed by atoms with van der Waals surface area (Å²) < 4.78 is 8.01. The van der Waals surface area contributed by atoms with Gasteiger partial charge in [0.25, 0.3) is 0 Å². The highest BCUT2D eigenvalue weighted by atomic mass is 16.5. The first-order valence-corrected chi connectivity index (χ1v) is 9.83. The fraction of sp³-hybridized carbons (Fsp3) is 0.174. The van der Waals surface area contributed by atoms with Gasteiger partial charge in [-0.3, -0.25) is 0 Å². The first kappa shape index (κ1) is 18.3. The molecule has 0 fully saturated rings. The first-order valence-electron chi connectivity index (χ1n) is 9.83. The number of pyridine rings is 1. The number of hydrogen-bond acceptors (Lipinski definition) is 6. The molecule has 1 aliphatic rings. The van der Waals surface area contributed by atoms with E-state index in [1.54, 1.807) is 0 Å². The Balaban J connectivity index is 1.61. The number of nitrogens with zero attached hydrogens (tertiary/aromatic N) is 4. The average Bonchev–Trinajstić information content (AvgIpc) is 3.36. The van der Waals surface area contributed by atoms with Crippen molar-refractivity contribution in [2.75, 3.05) is 18.8 Å². The zero-order valence-electron chi connectivity index (χ0n) is 16.9. The number of aromatic nitrogens is 4. The highest BCUT2D eigenvalue weighted by Crippen LogP contribution is 2.40. The van der Waals surface area contributed by atoms with E-state index in [9.17, 15) is 0 Å². The van der Waals surface area contributed by atoms with E-state index in [-0.39, 0.29) is 0 Å². The van der Waals surface area contributed by atoms with Crippen LogP contribution in [0.2, 0.25) is 0 Å². The van der Waals surface area contributed by atoms with Crippen LogP contribution >= 0.6 is 0 Å². The minimum Gasteiger partial charge on any atom is -0.439 e. The van der Waals surface area contributed by atoms with Crippen LogP contribution in [0.5, 0.6) is 11.6 Å². The molecular weight excluding hydrogens is 376 g/mol. The van der Waals surface area contributed by atoms with Gasteiger partial charge in [-0.25, -0.2) is 15.0 Å². The summed E-state index contributed by atoms with van der Waals surface area (Å²) in [7, 11) is 2.02. The van der Waals surface area contributed by atoms with Crippen LogP contribution in [0.3, 0.4) is 0 Å². The highest BCUT2D eigenvalue weighted by Gasteiger charge is 2.23. The molecule has 0 amide bonds. The molecular formula is C23H22N6O. The van der Waals surface area contributed by atoms with E-state index in [4.69, 9.17) is 10.5 Å². The first-order chi connectivity index (χ1) is 14.6. The number of nitrogens with one attached hydrogen (secondary N) is 1. The molecule has 0 saturated carbocycles. The van der Waals surface area contributed by atoms with E-state index < -0.39 is 0 Å². The van der Waals surface area contributed by atoms with Crippen molar-refractivity contribution in [2.24, 2.45) is 7.05 Å². The minimum absolute atomic E-state index is 0.479. The van der Waals surface area contributed by atoms with Crippen LogP contribution in [-0.2, 0) is 7.05 Å². The number of ether oxygens (including phenoxy) is 1. The number of fused-ring (bicyclic) bond motifs is 1. The van der Waals surface area contributed by atoms with Crippen molar-refractivity contribution in [3.8, 4) is 22.8 Å². The summed E-state index contributed by atoms with van der Waals surface area (Å²) in [6.45, 7) is 3.61. The molecule has 4 heterocycles. The van der Waals surface area contributed by atoms with Crippen molar-refractivity contribution in [2.45, 2.75) is 6.92 Å². The van der Waals surface area contributed by atoms with Gasteiger partial charge in [0.1, 0.15) is 23.5 Å². The largest absolute Gasteiger partial charge is 0.439 e. The van der Waals surface area contributed by atoms with Gasteiger partial charge in [0, 0.05) is 37.5 Å². The Bertz CT molecular complexity index is 1270. The summed E-state index contributed by atoms with van der Waals surface area (Å²) in [5.74, 6) is 1.78. The lowest BCUT2D eigenvalue weighted by molar-refractivity contribution is 0.462. The van der Waals surface area contributed by atoms with Crippen LogP contribution in [0.4, 0.5) is 5.82 Å². The Morgan fingerprint density at radius 2 is 1.93 bits per heavy atom. The lowest BCUT2D eigenvalue weighted by atomic mass is 9.99. The Labute approximate surface area is 174 Å². The Morgan fingerprint density at radius 3 is 2.67 bits per heavy atom. The molecule has 1 aliphatic heterocycles. The van der Waals surface area contributed by atoms with Crippen LogP contribution in [-0.4, -0.2) is 32.6 Å². The summed E-state index contributed by atoms with van der Waals surface area (Å²) in [5.41, 5.74) is 12.4. The second kappa shape index (κ2) is 7.27. The van der Waals surface area contributed by atoms with Crippen molar-refractivity contribution in [1.82, 2.24) is 24.8 Å². The second-order valence-electron chi connectivity index (χ2n) is 7.34. The van der Waals surface area contributed by atoms with Gasteiger partial charge in [0.15, 0.2) is 0 Å². The van der Waals surface area contributed by atoms with Crippen LogP contribution in [0.15, 0.2) is 54.9 Å². The number of anilines is 1. The summed E-state index contributed by atoms with van der Waals surface area (Å²) in [4.78, 5) is 13.1. The van der Waals surface area contributed by atoms with Crippen molar-refractivity contribution in [3.63, 3.8) is 0 Å². The van der Waals surface area contributed by atoms with E-state index in [0.29, 0.717) is 11.7 Å². The van der Waals surface area contributed by atoms with Gasteiger partial charge < -0.3 is 20.4 Å². The maximum atomic E-state index is 6.29. The Kier molecular flexibility index (Phi) is 4.44. The number of benzene rings is 1. The van der Waals surface area contributed by atoms with Crippen LogP contribution < -0.4 is 15.8 Å². The van der Waals surface area contributed by atoms with Crippen LogP contribution in [0, 0.1) is 6.92 Å². The molecule has 1 aromatic carbocycles. The molecule has 0 spiro atoms. The molecule has 3 N–H and O–H groups in total. The molecule has 0 atom stereocenters. The van der Waals surface area contributed by atoms with Gasteiger partial charge >= 0.3 is 0 Å². The molecule has 3 aromatic heterocycles. The number of aryl methyl sites for hydroxylation is 2. The lowest BCUT2D eigenvalue weighted by Gasteiger charge is -2.10. The van der Waals surface area contributed by atoms with E-state index in [1.165, 1.54) is 11.9 Å². The molecule has 0 unspecified atom stereocenters. The number of rotatable bonds is 4. The fourth-order valence-electron chi connectivity index (χ4n) is 3.97. The quantitative estimate of drug-likeness (QED) is 0.545. The maximum absolute atomic E-state index is 6.29. The maximum Gasteiger partial charge on any atom is 0.219 e. The summed E-state index contributed by atoms with van der Waals surface area (Å²) in [6, 6.07) is 13.7. The van der Waals surface area contributed by atoms with E-state index in [2.05, 4.69) is 30.9 Å². The number of nitrogen functional groups attached to an aromatic ring is 1. The van der Waals surface area contributed by atoms with Gasteiger partial charge in [-0.1, -0.05) is 24.3 Å². The molecule has 5 rings (SSSR count). The molecule has 30 heavy (non-hydrogen) atoms. The predicted octanol–water partition coefficient (Wildman–Crippen LogP) is 3.70. The monoisotopic (exact) mass is 398 g/mol. The fourth-order valence-corrected chi connectivity index (χ4v) is 3.97. The average molecular weight is 398 g/mol. The van der Waals surface area contributed by atoms with Crippen molar-refractivity contribution in [1.29, 1.82) is 0 Å². The summed E-state index contributed by atoms with van der Waals surface area (Å²) in [5, 5.41) is 4.25. The third-order valence-corrected chi connectivity index (χ3v) is 5.34. The molecule has 0 bridgehead atoms. The van der Waals surface area contributed by atoms with Gasteiger partial charge in [0.2, 0.25) is 5.88 Å². The highest BCUT2D eigenvalue weighted by molar-refractivity contribution is 6.06. The Morgan fingerprint density at radius 1 is 1.10 bits per heavy atom. The van der Waals surface area contributed by atoms with E-state index in [0.717, 1.165) is 52.4 Å². The third kappa shape index (κ3) is 3.09. The second-order valence-corrected chi connectivity index (χ2v) is 7.34. The zero-order valence-corrected chi connectivity index (χ0v) is 16.9. The van der Waals surface area contributed by atoms with Gasteiger partial charge in [-0.05, 0) is 36.3 Å². The van der Waals surface area contributed by atoms with E-state index >= 15 is 0 Å². The van der Waals surface area contributed by atoms with Gasteiger partial charge in [-0.15, -0.1) is 0 Å². The predicted molar refractivity (Wildman–Crippen MR) is 118 cm³/mol. The van der Waals surface area contributed by atoms with Crippen molar-refractivity contribution < 1.29 is 4.74 Å². The molecule has 150 valence electrons. The standard InChI is InChI=1S/C23H22N6O/c1-14-4-3-5-18(28-14)30-17-8-6-15(7-9-17)19-20-22(24)26-13-27-23(20)29(2)21(19)16-10-11-25-12-16/h3-10,13,25H,11-12H2,1-2H3,(H2,24,26,27). The molecule has 0 aliphatic carbocycles. The molecule has 4 aromatic rings. The van der Waals surface area contributed by atoms with Crippen molar-refractivity contribution >= 4 is 22.4 Å². The number of nitrogens with two attached hydrogens (primary N) is 1. The lowest BCUT2D eigenvalue weighted by Crippen LogP contribution is -2.09. The third-order valence-electron chi connectivity index (χ3n) is 5.34. The topological polar surface area (TPSA) is 90.9 Å².